The lowest BCUT2D eigenvalue weighted by Gasteiger charge is -2.32. The maximum absolute atomic E-state index is 12.8. The van der Waals surface area contributed by atoms with E-state index in [2.05, 4.69) is 46.4 Å². The molecular weight excluding hydrogens is 298 g/mol. The van der Waals surface area contributed by atoms with Crippen LogP contribution in [-0.2, 0) is 4.79 Å². The molecule has 1 aromatic rings. The predicted octanol–water partition coefficient (Wildman–Crippen LogP) is 2.37. The maximum atomic E-state index is 12.8. The Morgan fingerprint density at radius 1 is 1.12 bits per heavy atom. The monoisotopic (exact) mass is 327 g/mol. The van der Waals surface area contributed by atoms with E-state index in [-0.39, 0.29) is 5.91 Å². The molecule has 1 aromatic carbocycles. The molecule has 1 N–H and O–H groups in total. The van der Waals surface area contributed by atoms with Crippen LogP contribution in [-0.4, -0.2) is 61.0 Å². The lowest BCUT2D eigenvalue weighted by atomic mass is 10.1. The molecule has 2 fully saturated rings. The van der Waals surface area contributed by atoms with E-state index in [1.807, 2.05) is 18.2 Å². The van der Waals surface area contributed by atoms with E-state index in [0.29, 0.717) is 18.6 Å². The first-order chi connectivity index (χ1) is 11.7. The number of hydrogen-bond acceptors (Lipinski definition) is 3. The number of piperidine rings is 1. The molecule has 0 aromatic heterocycles. The average Bonchev–Trinajstić information content (AvgIpc) is 3.45. The van der Waals surface area contributed by atoms with Crippen molar-refractivity contribution < 1.29 is 4.79 Å². The summed E-state index contributed by atoms with van der Waals surface area (Å²) in [5, 5.41) is 3.39. The minimum Gasteiger partial charge on any atom is -0.335 e. The third kappa shape index (κ3) is 4.92. The third-order valence-electron chi connectivity index (χ3n) is 5.04. The number of nitrogens with one attached hydrogen (secondary N) is 1. The molecule has 1 amide bonds. The van der Waals surface area contributed by atoms with Gasteiger partial charge in [0.15, 0.2) is 0 Å². The molecule has 3 rings (SSSR count). The summed E-state index contributed by atoms with van der Waals surface area (Å²) < 4.78 is 0. The van der Waals surface area contributed by atoms with Crippen molar-refractivity contribution in [2.75, 3.05) is 33.2 Å². The van der Waals surface area contributed by atoms with E-state index in [0.717, 1.165) is 45.3 Å². The Hall–Kier alpha value is -1.65. The van der Waals surface area contributed by atoms with Crippen molar-refractivity contribution in [1.29, 1.82) is 0 Å². The van der Waals surface area contributed by atoms with E-state index in [1.165, 1.54) is 5.56 Å². The highest BCUT2D eigenvalue weighted by Crippen LogP contribution is 2.27. The van der Waals surface area contributed by atoms with Crippen molar-refractivity contribution in [2.24, 2.45) is 0 Å². The van der Waals surface area contributed by atoms with Gasteiger partial charge in [-0.15, -0.1) is 0 Å². The molecule has 1 aliphatic heterocycles. The van der Waals surface area contributed by atoms with Crippen molar-refractivity contribution >= 4 is 12.0 Å². The number of likely N-dealkylation sites (N-methyl/N-ethyl adjacent to an activating group) is 1. The predicted molar refractivity (Wildman–Crippen MR) is 98.7 cm³/mol. The van der Waals surface area contributed by atoms with Gasteiger partial charge in [0.2, 0.25) is 5.91 Å². The minimum absolute atomic E-state index is 0.274. The highest BCUT2D eigenvalue weighted by molar-refractivity contribution is 5.79. The minimum atomic E-state index is 0.274. The third-order valence-corrected chi connectivity index (χ3v) is 5.04. The number of amides is 1. The number of carbonyl (C=O) groups is 1. The van der Waals surface area contributed by atoms with Crippen LogP contribution in [0.15, 0.2) is 36.4 Å². The van der Waals surface area contributed by atoms with Crippen LogP contribution in [0.2, 0.25) is 0 Å². The first kappa shape index (κ1) is 17.2. The van der Waals surface area contributed by atoms with E-state index in [9.17, 15) is 4.79 Å². The fourth-order valence-electron chi connectivity index (χ4n) is 3.39. The largest absolute Gasteiger partial charge is 0.335 e. The summed E-state index contributed by atoms with van der Waals surface area (Å²) in [5.41, 5.74) is 1.19. The van der Waals surface area contributed by atoms with Gasteiger partial charge in [-0.25, -0.2) is 0 Å². The highest BCUT2D eigenvalue weighted by Gasteiger charge is 2.32. The van der Waals surface area contributed by atoms with Gasteiger partial charge in [0.05, 0.1) is 6.54 Å². The molecule has 24 heavy (non-hydrogen) atoms. The number of rotatable bonds is 7. The summed E-state index contributed by atoms with van der Waals surface area (Å²) in [6, 6.07) is 11.3. The first-order valence-electron chi connectivity index (χ1n) is 9.16. The fourth-order valence-corrected chi connectivity index (χ4v) is 3.39. The summed E-state index contributed by atoms with van der Waals surface area (Å²) in [4.78, 5) is 17.1. The smallest absolute Gasteiger partial charge is 0.237 e. The summed E-state index contributed by atoms with van der Waals surface area (Å²) >= 11 is 0. The van der Waals surface area contributed by atoms with Gasteiger partial charge in [0.25, 0.3) is 0 Å². The zero-order chi connectivity index (χ0) is 16.8. The highest BCUT2D eigenvalue weighted by atomic mass is 16.2. The fraction of sp³-hybridized carbons (Fsp3) is 0.550. The molecule has 0 radical (unpaired) electrons. The van der Waals surface area contributed by atoms with E-state index in [1.54, 1.807) is 0 Å². The number of nitrogens with zero attached hydrogens (tertiary/aromatic N) is 2. The van der Waals surface area contributed by atoms with Crippen LogP contribution in [0.4, 0.5) is 0 Å². The molecule has 4 heteroatoms. The van der Waals surface area contributed by atoms with Crippen LogP contribution < -0.4 is 5.32 Å². The molecule has 1 heterocycles. The molecule has 0 unspecified atom stereocenters. The Kier molecular flexibility index (Phi) is 6.05. The van der Waals surface area contributed by atoms with Gasteiger partial charge in [0, 0.05) is 18.6 Å². The number of benzene rings is 1. The number of carbonyl (C=O) groups excluding carboxylic acids is 1. The lowest BCUT2D eigenvalue weighted by Crippen LogP contribution is -2.47. The van der Waals surface area contributed by atoms with Crippen molar-refractivity contribution in [2.45, 2.75) is 37.8 Å². The first-order valence-corrected chi connectivity index (χ1v) is 9.16. The van der Waals surface area contributed by atoms with E-state index in [4.69, 9.17) is 0 Å². The van der Waals surface area contributed by atoms with E-state index >= 15 is 0 Å². The van der Waals surface area contributed by atoms with Crippen molar-refractivity contribution in [1.82, 2.24) is 15.1 Å². The zero-order valence-electron chi connectivity index (χ0n) is 14.7. The SMILES string of the molecule is CN(CC(=O)N(C/C=C/c1ccccc1)C1CC1)C1CCNCC1. The normalized spacial score (nSPS) is 19.1. The molecular formula is C20H29N3O. The maximum Gasteiger partial charge on any atom is 0.237 e. The van der Waals surface area contributed by atoms with Gasteiger partial charge in [-0.2, -0.15) is 0 Å². The Morgan fingerprint density at radius 2 is 1.83 bits per heavy atom. The Bertz CT molecular complexity index is 547. The molecule has 1 aliphatic carbocycles. The van der Waals surface area contributed by atoms with Crippen LogP contribution >= 0.6 is 0 Å². The molecule has 2 aliphatic rings. The van der Waals surface area contributed by atoms with Gasteiger partial charge in [-0.1, -0.05) is 42.5 Å². The standard InChI is InChI=1S/C20H29N3O/c1-22(18-11-13-21-14-12-18)16-20(24)23(19-9-10-19)15-5-8-17-6-3-2-4-7-17/h2-8,18-19,21H,9-16H2,1H3/b8-5+. The molecule has 0 bridgehead atoms. The molecule has 130 valence electrons. The molecule has 4 nitrogen and oxygen atoms in total. The molecule has 0 atom stereocenters. The zero-order valence-corrected chi connectivity index (χ0v) is 14.7. The van der Waals surface area contributed by atoms with Crippen molar-refractivity contribution in [3.05, 3.63) is 42.0 Å². The van der Waals surface area contributed by atoms with Gasteiger partial charge in [0.1, 0.15) is 0 Å². The second kappa shape index (κ2) is 8.45. The second-order valence-electron chi connectivity index (χ2n) is 6.99. The van der Waals surface area contributed by atoms with Crippen LogP contribution in [0.3, 0.4) is 0 Å². The van der Waals surface area contributed by atoms with Crippen LogP contribution in [0, 0.1) is 0 Å². The molecule has 1 saturated heterocycles. The summed E-state index contributed by atoms with van der Waals surface area (Å²) in [6.45, 7) is 3.39. The van der Waals surface area contributed by atoms with Gasteiger partial charge >= 0.3 is 0 Å². The number of hydrogen-bond donors (Lipinski definition) is 1. The molecule has 0 spiro atoms. The topological polar surface area (TPSA) is 35.6 Å². The lowest BCUT2D eigenvalue weighted by molar-refractivity contribution is -0.132. The average molecular weight is 327 g/mol. The van der Waals surface area contributed by atoms with Crippen LogP contribution in [0.5, 0.6) is 0 Å². The van der Waals surface area contributed by atoms with Crippen molar-refractivity contribution in [3.8, 4) is 0 Å². The van der Waals surface area contributed by atoms with Gasteiger partial charge in [-0.3, -0.25) is 9.69 Å². The quantitative estimate of drug-likeness (QED) is 0.835. The van der Waals surface area contributed by atoms with Crippen molar-refractivity contribution in [3.63, 3.8) is 0 Å². The second-order valence-corrected chi connectivity index (χ2v) is 6.99. The summed E-state index contributed by atoms with van der Waals surface area (Å²) in [6.07, 6.45) is 8.82. The summed E-state index contributed by atoms with van der Waals surface area (Å²) in [7, 11) is 2.10. The van der Waals surface area contributed by atoms with Crippen LogP contribution in [0.25, 0.3) is 6.08 Å². The Morgan fingerprint density at radius 3 is 2.50 bits per heavy atom. The Balaban J connectivity index is 1.52. The van der Waals surface area contributed by atoms with Crippen LogP contribution in [0.1, 0.15) is 31.2 Å². The van der Waals surface area contributed by atoms with Gasteiger partial charge < -0.3 is 10.2 Å². The molecule has 1 saturated carbocycles. The summed E-state index contributed by atoms with van der Waals surface area (Å²) in [5.74, 6) is 0.274. The van der Waals surface area contributed by atoms with Gasteiger partial charge in [-0.05, 0) is 51.4 Å². The Labute approximate surface area is 145 Å². The van der Waals surface area contributed by atoms with E-state index < -0.39 is 0 Å².